The molecule has 5 nitrogen and oxygen atoms in total. The Kier molecular flexibility index (Phi) is 2.93. The molecule has 1 aromatic heterocycles. The lowest BCUT2D eigenvalue weighted by Crippen LogP contribution is -1.98. The molecule has 2 aromatic rings. The predicted molar refractivity (Wildman–Crippen MR) is 65.7 cm³/mol. The van der Waals surface area contributed by atoms with E-state index >= 15 is 0 Å². The minimum Gasteiger partial charge on any atom is -0.378 e. The van der Waals surface area contributed by atoms with E-state index in [0.29, 0.717) is 10.6 Å². The van der Waals surface area contributed by atoms with E-state index in [2.05, 4.69) is 4.98 Å². The molecule has 0 bridgehead atoms. The number of halogens is 1. The molecule has 0 saturated heterocycles. The monoisotopic (exact) mass is 249 g/mol. The lowest BCUT2D eigenvalue weighted by atomic mass is 10.1. The van der Waals surface area contributed by atoms with E-state index < -0.39 is 4.92 Å². The first-order valence-corrected chi connectivity index (χ1v) is 5.11. The summed E-state index contributed by atoms with van der Waals surface area (Å²) in [5, 5.41) is 11.3. The molecule has 86 valence electrons. The first-order valence-electron chi connectivity index (χ1n) is 4.74. The Hall–Kier alpha value is -2.14. The summed E-state index contributed by atoms with van der Waals surface area (Å²) < 4.78 is 0. The third-order valence-electron chi connectivity index (χ3n) is 2.27. The van der Waals surface area contributed by atoms with Crippen LogP contribution >= 0.6 is 11.6 Å². The van der Waals surface area contributed by atoms with Gasteiger partial charge in [0.2, 0.25) is 5.82 Å². The number of hydrogen-bond acceptors (Lipinski definition) is 4. The fraction of sp³-hybridized carbons (Fsp3) is 0. The van der Waals surface area contributed by atoms with Crippen LogP contribution in [0.3, 0.4) is 0 Å². The van der Waals surface area contributed by atoms with Crippen molar-refractivity contribution in [2.24, 2.45) is 0 Å². The van der Waals surface area contributed by atoms with E-state index in [1.807, 2.05) is 0 Å². The molecule has 17 heavy (non-hydrogen) atoms. The van der Waals surface area contributed by atoms with Gasteiger partial charge < -0.3 is 5.73 Å². The quantitative estimate of drug-likeness (QED) is 0.655. The summed E-state index contributed by atoms with van der Waals surface area (Å²) in [5.74, 6) is -0.0901. The molecule has 0 atom stereocenters. The van der Waals surface area contributed by atoms with E-state index in [-0.39, 0.29) is 11.5 Å². The minimum atomic E-state index is -0.554. The third kappa shape index (κ3) is 2.34. The normalized spacial score (nSPS) is 10.2. The Morgan fingerprint density at radius 2 is 1.88 bits per heavy atom. The molecular formula is C11H8ClN3O2. The molecule has 0 amide bonds. The number of nitrogens with two attached hydrogens (primary N) is 1. The second-order valence-corrected chi connectivity index (χ2v) is 3.83. The van der Waals surface area contributed by atoms with Crippen molar-refractivity contribution in [2.75, 3.05) is 5.73 Å². The second-order valence-electron chi connectivity index (χ2n) is 3.39. The molecule has 0 fully saturated rings. The van der Waals surface area contributed by atoms with Crippen molar-refractivity contribution in [3.8, 4) is 11.1 Å². The predicted octanol–water partition coefficient (Wildman–Crippen LogP) is 2.89. The number of nitro groups is 1. The van der Waals surface area contributed by atoms with Gasteiger partial charge in [0.05, 0.1) is 4.92 Å². The molecule has 1 heterocycles. The van der Waals surface area contributed by atoms with Crippen molar-refractivity contribution in [3.63, 3.8) is 0 Å². The fourth-order valence-electron chi connectivity index (χ4n) is 1.41. The van der Waals surface area contributed by atoms with Crippen molar-refractivity contribution in [2.45, 2.75) is 0 Å². The van der Waals surface area contributed by atoms with Crippen LogP contribution in [0.25, 0.3) is 11.1 Å². The summed E-state index contributed by atoms with van der Waals surface area (Å²) in [4.78, 5) is 14.0. The summed E-state index contributed by atoms with van der Waals surface area (Å²) in [7, 11) is 0. The van der Waals surface area contributed by atoms with Gasteiger partial charge in [-0.05, 0) is 17.7 Å². The zero-order valence-corrected chi connectivity index (χ0v) is 9.39. The van der Waals surface area contributed by atoms with E-state index in [9.17, 15) is 10.1 Å². The average molecular weight is 250 g/mol. The van der Waals surface area contributed by atoms with Crippen LogP contribution in [0.5, 0.6) is 0 Å². The van der Waals surface area contributed by atoms with Gasteiger partial charge in [-0.15, -0.1) is 0 Å². The second kappa shape index (κ2) is 4.39. The molecule has 6 heteroatoms. The zero-order chi connectivity index (χ0) is 12.4. The SMILES string of the molecule is Nc1ncc(-c2ccc(Cl)cc2)cc1[N+](=O)[O-]. The van der Waals surface area contributed by atoms with Crippen molar-refractivity contribution in [3.05, 3.63) is 51.7 Å². The summed E-state index contributed by atoms with van der Waals surface area (Å²) >= 11 is 5.76. The van der Waals surface area contributed by atoms with Gasteiger partial charge in [0.1, 0.15) is 0 Å². The number of aromatic nitrogens is 1. The number of nitrogens with zero attached hydrogens (tertiary/aromatic N) is 2. The average Bonchev–Trinajstić information content (AvgIpc) is 2.30. The number of rotatable bonds is 2. The Bertz CT molecular complexity index is 569. The highest BCUT2D eigenvalue weighted by molar-refractivity contribution is 6.30. The molecule has 0 aliphatic heterocycles. The molecule has 0 unspecified atom stereocenters. The molecule has 0 saturated carbocycles. The van der Waals surface area contributed by atoms with Crippen molar-refractivity contribution >= 4 is 23.1 Å². The highest BCUT2D eigenvalue weighted by Crippen LogP contribution is 2.27. The van der Waals surface area contributed by atoms with Crippen LogP contribution in [-0.4, -0.2) is 9.91 Å². The van der Waals surface area contributed by atoms with E-state index in [1.54, 1.807) is 24.3 Å². The zero-order valence-electron chi connectivity index (χ0n) is 8.63. The van der Waals surface area contributed by atoms with Gasteiger partial charge in [0, 0.05) is 22.8 Å². The smallest absolute Gasteiger partial charge is 0.311 e. The highest BCUT2D eigenvalue weighted by Gasteiger charge is 2.13. The summed E-state index contributed by atoms with van der Waals surface area (Å²) in [5.41, 5.74) is 6.65. The van der Waals surface area contributed by atoms with Crippen LogP contribution < -0.4 is 5.73 Å². The van der Waals surface area contributed by atoms with Crippen molar-refractivity contribution < 1.29 is 4.92 Å². The maximum absolute atomic E-state index is 10.7. The largest absolute Gasteiger partial charge is 0.378 e. The summed E-state index contributed by atoms with van der Waals surface area (Å²) in [6, 6.07) is 8.34. The van der Waals surface area contributed by atoms with Gasteiger partial charge >= 0.3 is 5.69 Å². The van der Waals surface area contributed by atoms with E-state index in [4.69, 9.17) is 17.3 Å². The molecular weight excluding hydrogens is 242 g/mol. The standard InChI is InChI=1S/C11H8ClN3O2/c12-9-3-1-7(2-4-9)8-5-10(15(16)17)11(13)14-6-8/h1-6H,(H2,13,14). The van der Waals surface area contributed by atoms with Gasteiger partial charge in [0.15, 0.2) is 0 Å². The first-order chi connectivity index (χ1) is 8.08. The lowest BCUT2D eigenvalue weighted by molar-refractivity contribution is -0.384. The number of benzene rings is 1. The van der Waals surface area contributed by atoms with Gasteiger partial charge in [-0.25, -0.2) is 4.98 Å². The molecule has 0 aliphatic carbocycles. The van der Waals surface area contributed by atoms with Crippen LogP contribution in [-0.2, 0) is 0 Å². The maximum atomic E-state index is 10.7. The van der Waals surface area contributed by atoms with Gasteiger partial charge in [-0.1, -0.05) is 23.7 Å². The number of hydrogen-bond donors (Lipinski definition) is 1. The van der Waals surface area contributed by atoms with Gasteiger partial charge in [-0.3, -0.25) is 10.1 Å². The Balaban J connectivity index is 2.50. The molecule has 0 spiro atoms. The highest BCUT2D eigenvalue weighted by atomic mass is 35.5. The van der Waals surface area contributed by atoms with Crippen LogP contribution in [0.4, 0.5) is 11.5 Å². The number of nitrogen functional groups attached to an aromatic ring is 1. The van der Waals surface area contributed by atoms with E-state index in [0.717, 1.165) is 5.56 Å². The number of pyridine rings is 1. The molecule has 0 aliphatic rings. The van der Waals surface area contributed by atoms with Crippen molar-refractivity contribution in [1.29, 1.82) is 0 Å². The van der Waals surface area contributed by atoms with Crippen LogP contribution in [0.2, 0.25) is 5.02 Å². The number of anilines is 1. The first kappa shape index (κ1) is 11.3. The lowest BCUT2D eigenvalue weighted by Gasteiger charge is -2.02. The Morgan fingerprint density at radius 1 is 1.24 bits per heavy atom. The van der Waals surface area contributed by atoms with Crippen molar-refractivity contribution in [1.82, 2.24) is 4.98 Å². The van der Waals surface area contributed by atoms with Gasteiger partial charge in [0.25, 0.3) is 0 Å². The fourth-order valence-corrected chi connectivity index (χ4v) is 1.54. The molecule has 0 radical (unpaired) electrons. The van der Waals surface area contributed by atoms with Crippen LogP contribution in [0, 0.1) is 10.1 Å². The molecule has 2 rings (SSSR count). The third-order valence-corrected chi connectivity index (χ3v) is 2.52. The Labute approximate surface area is 102 Å². The molecule has 1 aromatic carbocycles. The van der Waals surface area contributed by atoms with E-state index in [1.165, 1.54) is 12.3 Å². The van der Waals surface area contributed by atoms with Gasteiger partial charge in [-0.2, -0.15) is 0 Å². The topological polar surface area (TPSA) is 82.0 Å². The minimum absolute atomic E-state index is 0.0901. The summed E-state index contributed by atoms with van der Waals surface area (Å²) in [6.07, 6.45) is 1.49. The maximum Gasteiger partial charge on any atom is 0.311 e. The van der Waals surface area contributed by atoms with Crippen LogP contribution in [0.1, 0.15) is 0 Å². The summed E-state index contributed by atoms with van der Waals surface area (Å²) in [6.45, 7) is 0. The van der Waals surface area contributed by atoms with Crippen LogP contribution in [0.15, 0.2) is 36.5 Å². The Morgan fingerprint density at radius 3 is 2.47 bits per heavy atom. The molecule has 2 N–H and O–H groups in total.